The molecule has 0 spiro atoms. The number of H-pyrrole nitrogens is 1. The summed E-state index contributed by atoms with van der Waals surface area (Å²) in [6.07, 6.45) is 1.82. The Bertz CT molecular complexity index is 1410. The molecule has 0 aliphatic rings. The molecule has 0 atom stereocenters. The van der Waals surface area contributed by atoms with E-state index < -0.39 is 0 Å². The maximum Gasteiger partial charge on any atom is 0.221 e. The van der Waals surface area contributed by atoms with Gasteiger partial charge in [0.1, 0.15) is 5.82 Å². The van der Waals surface area contributed by atoms with Crippen LogP contribution in [-0.4, -0.2) is 15.9 Å². The number of aromatic amines is 1. The van der Waals surface area contributed by atoms with Gasteiger partial charge in [0.15, 0.2) is 0 Å². The Hall–Kier alpha value is -3.64. The molecule has 0 radical (unpaired) electrons. The van der Waals surface area contributed by atoms with Gasteiger partial charge in [0.25, 0.3) is 0 Å². The van der Waals surface area contributed by atoms with Gasteiger partial charge >= 0.3 is 0 Å². The summed E-state index contributed by atoms with van der Waals surface area (Å²) in [5.41, 5.74) is 13.6. The third-order valence-corrected chi connectivity index (χ3v) is 6.22. The Labute approximate surface area is 177 Å². The van der Waals surface area contributed by atoms with E-state index in [1.807, 2.05) is 30.5 Å². The normalized spacial score (nSPS) is 11.3. The lowest BCUT2D eigenvalue weighted by Crippen LogP contribution is -2.05. The fourth-order valence-corrected chi connectivity index (χ4v) is 4.99. The number of pyridine rings is 1. The Balaban J connectivity index is 1.63. The monoisotopic (exact) mass is 412 g/mol. The first kappa shape index (κ1) is 18.4. The van der Waals surface area contributed by atoms with Crippen molar-refractivity contribution in [3.63, 3.8) is 0 Å². The molecule has 0 fully saturated rings. The number of aromatic nitrogens is 2. The smallest absolute Gasteiger partial charge is 0.221 e. The lowest BCUT2D eigenvalue weighted by molar-refractivity contribution is -0.114. The second-order valence-electron chi connectivity index (χ2n) is 7.42. The van der Waals surface area contributed by atoms with E-state index in [9.17, 15) is 4.79 Å². The number of carbonyl (C=O) groups excluding carboxylic acids is 1. The summed E-state index contributed by atoms with van der Waals surface area (Å²) >= 11 is 1.67. The van der Waals surface area contributed by atoms with Gasteiger partial charge in [0, 0.05) is 56.6 Å². The van der Waals surface area contributed by atoms with Crippen molar-refractivity contribution in [2.75, 3.05) is 11.1 Å². The van der Waals surface area contributed by atoms with E-state index >= 15 is 0 Å². The van der Waals surface area contributed by atoms with Crippen LogP contribution in [0.4, 0.5) is 11.5 Å². The van der Waals surface area contributed by atoms with Crippen LogP contribution in [0.25, 0.3) is 43.2 Å². The summed E-state index contributed by atoms with van der Waals surface area (Å²) in [7, 11) is 0. The molecule has 0 aliphatic carbocycles. The van der Waals surface area contributed by atoms with Gasteiger partial charge in [-0.3, -0.25) is 4.79 Å². The molecule has 0 bridgehead atoms. The average Bonchev–Trinajstić information content (AvgIpc) is 3.31. The minimum atomic E-state index is -0.0863. The molecule has 0 saturated carbocycles. The van der Waals surface area contributed by atoms with Crippen LogP contribution < -0.4 is 11.1 Å². The van der Waals surface area contributed by atoms with Crippen LogP contribution in [-0.2, 0) is 4.79 Å². The molecule has 5 rings (SSSR count). The standard InChI is InChI=1S/C24H20N4OS/c1-13-9-17-10-16(5-8-21(17)27-13)20-12-30-23-19(11-26-24(25)22(20)23)15-3-6-18(7-4-15)28-14(2)29/h3-12,27H,1-2H3,(H2,25,26)(H,28,29). The van der Waals surface area contributed by atoms with Gasteiger partial charge in [0.05, 0.1) is 0 Å². The molecule has 5 aromatic rings. The largest absolute Gasteiger partial charge is 0.383 e. The molecule has 5 nitrogen and oxygen atoms in total. The first-order chi connectivity index (χ1) is 14.5. The van der Waals surface area contributed by atoms with Crippen molar-refractivity contribution in [1.82, 2.24) is 9.97 Å². The topological polar surface area (TPSA) is 83.8 Å². The zero-order valence-corrected chi connectivity index (χ0v) is 17.4. The second-order valence-corrected chi connectivity index (χ2v) is 8.30. The Morgan fingerprint density at radius 1 is 1.07 bits per heavy atom. The fraction of sp³-hybridized carbons (Fsp3) is 0.0833. The van der Waals surface area contributed by atoms with Crippen molar-refractivity contribution >= 4 is 49.7 Å². The summed E-state index contributed by atoms with van der Waals surface area (Å²) in [5, 5.41) is 7.11. The Kier molecular flexibility index (Phi) is 4.29. The molecule has 1 amide bonds. The van der Waals surface area contributed by atoms with E-state index in [0.29, 0.717) is 5.82 Å². The van der Waals surface area contributed by atoms with Crippen LogP contribution in [0.15, 0.2) is 60.1 Å². The first-order valence-corrected chi connectivity index (χ1v) is 10.5. The van der Waals surface area contributed by atoms with Crippen molar-refractivity contribution in [2.45, 2.75) is 13.8 Å². The van der Waals surface area contributed by atoms with Crippen molar-refractivity contribution < 1.29 is 4.79 Å². The first-order valence-electron chi connectivity index (χ1n) is 9.63. The molecular weight excluding hydrogens is 392 g/mol. The lowest BCUT2D eigenvalue weighted by atomic mass is 10.0. The van der Waals surface area contributed by atoms with E-state index in [1.165, 1.54) is 12.3 Å². The number of hydrogen-bond donors (Lipinski definition) is 3. The van der Waals surface area contributed by atoms with E-state index in [0.717, 1.165) is 49.2 Å². The SMILES string of the molecule is CC(=O)Nc1ccc(-c2cnc(N)c3c(-c4ccc5[nH]c(C)cc5c4)csc23)cc1. The maximum absolute atomic E-state index is 11.3. The molecule has 6 heteroatoms. The van der Waals surface area contributed by atoms with Crippen molar-refractivity contribution in [1.29, 1.82) is 0 Å². The number of benzene rings is 2. The van der Waals surface area contributed by atoms with Gasteiger partial charge in [-0.2, -0.15) is 0 Å². The van der Waals surface area contributed by atoms with Crippen LogP contribution in [0.2, 0.25) is 0 Å². The number of rotatable bonds is 3. The predicted molar refractivity (Wildman–Crippen MR) is 126 cm³/mol. The molecule has 148 valence electrons. The molecule has 0 aliphatic heterocycles. The van der Waals surface area contributed by atoms with Gasteiger partial charge < -0.3 is 16.0 Å². The molecule has 3 aromatic heterocycles. The van der Waals surface area contributed by atoms with Gasteiger partial charge in [-0.15, -0.1) is 11.3 Å². The number of fused-ring (bicyclic) bond motifs is 2. The fourth-order valence-electron chi connectivity index (χ4n) is 3.87. The maximum atomic E-state index is 11.3. The predicted octanol–water partition coefficient (Wildman–Crippen LogP) is 5.96. The number of nitrogen functional groups attached to an aromatic ring is 1. The van der Waals surface area contributed by atoms with Crippen molar-refractivity contribution in [2.24, 2.45) is 0 Å². The molecular formula is C24H20N4OS. The van der Waals surface area contributed by atoms with Gasteiger partial charge in [-0.05, 0) is 53.8 Å². The highest BCUT2D eigenvalue weighted by molar-refractivity contribution is 7.18. The number of anilines is 2. The summed E-state index contributed by atoms with van der Waals surface area (Å²) in [5.74, 6) is 0.446. The van der Waals surface area contributed by atoms with E-state index in [1.54, 1.807) is 11.3 Å². The number of nitrogens with one attached hydrogen (secondary N) is 2. The number of carbonyl (C=O) groups is 1. The molecule has 2 aromatic carbocycles. The average molecular weight is 413 g/mol. The lowest BCUT2D eigenvalue weighted by Gasteiger charge is -2.08. The zero-order chi connectivity index (χ0) is 20.8. The highest BCUT2D eigenvalue weighted by Gasteiger charge is 2.15. The number of hydrogen-bond acceptors (Lipinski definition) is 4. The number of thiophene rings is 1. The third kappa shape index (κ3) is 3.11. The van der Waals surface area contributed by atoms with Crippen LogP contribution in [0.3, 0.4) is 0 Å². The van der Waals surface area contributed by atoms with E-state index in [4.69, 9.17) is 5.73 Å². The number of nitrogens with two attached hydrogens (primary N) is 1. The minimum Gasteiger partial charge on any atom is -0.383 e. The van der Waals surface area contributed by atoms with Crippen LogP contribution in [0, 0.1) is 6.92 Å². The van der Waals surface area contributed by atoms with Crippen LogP contribution >= 0.6 is 11.3 Å². The zero-order valence-electron chi connectivity index (χ0n) is 16.6. The van der Waals surface area contributed by atoms with Gasteiger partial charge in [0.2, 0.25) is 5.91 Å². The molecule has 3 heterocycles. The van der Waals surface area contributed by atoms with E-state index in [-0.39, 0.29) is 5.91 Å². The molecule has 0 unspecified atom stereocenters. The van der Waals surface area contributed by atoms with E-state index in [2.05, 4.69) is 51.9 Å². The number of amides is 1. The second kappa shape index (κ2) is 7.00. The highest BCUT2D eigenvalue weighted by atomic mass is 32.1. The van der Waals surface area contributed by atoms with Crippen molar-refractivity contribution in [3.8, 4) is 22.3 Å². The van der Waals surface area contributed by atoms with Crippen molar-refractivity contribution in [3.05, 3.63) is 65.8 Å². The number of aryl methyl sites for hydroxylation is 1. The Morgan fingerprint density at radius 3 is 2.60 bits per heavy atom. The molecule has 4 N–H and O–H groups in total. The van der Waals surface area contributed by atoms with Gasteiger partial charge in [-0.25, -0.2) is 4.98 Å². The summed E-state index contributed by atoms with van der Waals surface area (Å²) < 4.78 is 1.11. The minimum absolute atomic E-state index is 0.0863. The van der Waals surface area contributed by atoms with Crippen LogP contribution in [0.5, 0.6) is 0 Å². The number of nitrogens with zero attached hydrogens (tertiary/aromatic N) is 1. The summed E-state index contributed by atoms with van der Waals surface area (Å²) in [6.45, 7) is 3.56. The van der Waals surface area contributed by atoms with Gasteiger partial charge in [-0.1, -0.05) is 18.2 Å². The molecule has 0 saturated heterocycles. The highest BCUT2D eigenvalue weighted by Crippen LogP contribution is 2.42. The summed E-state index contributed by atoms with van der Waals surface area (Å²) in [6, 6.07) is 16.3. The van der Waals surface area contributed by atoms with Crippen LogP contribution in [0.1, 0.15) is 12.6 Å². The third-order valence-electron chi connectivity index (χ3n) is 5.21. The quantitative estimate of drug-likeness (QED) is 0.342. The summed E-state index contributed by atoms with van der Waals surface area (Å²) in [4.78, 5) is 19.1. The molecule has 30 heavy (non-hydrogen) atoms. The Morgan fingerprint density at radius 2 is 1.83 bits per heavy atom.